The van der Waals surface area contributed by atoms with Gasteiger partial charge in [0, 0.05) is 36.0 Å². The Morgan fingerprint density at radius 2 is 2.04 bits per heavy atom. The summed E-state index contributed by atoms with van der Waals surface area (Å²) in [6, 6.07) is 9.55. The predicted molar refractivity (Wildman–Crippen MR) is 99.6 cm³/mol. The van der Waals surface area contributed by atoms with E-state index in [9.17, 15) is 4.79 Å². The summed E-state index contributed by atoms with van der Waals surface area (Å²) < 4.78 is 1.84. The van der Waals surface area contributed by atoms with Gasteiger partial charge in [-0.15, -0.1) is 0 Å². The van der Waals surface area contributed by atoms with E-state index in [4.69, 9.17) is 4.98 Å². The van der Waals surface area contributed by atoms with Gasteiger partial charge < -0.3 is 5.32 Å². The molecule has 24 heavy (non-hydrogen) atoms. The highest BCUT2D eigenvalue weighted by atomic mass is 32.1. The van der Waals surface area contributed by atoms with E-state index in [0.29, 0.717) is 17.9 Å². The van der Waals surface area contributed by atoms with E-state index in [1.54, 1.807) is 0 Å². The summed E-state index contributed by atoms with van der Waals surface area (Å²) in [6.07, 6.45) is 0. The third kappa shape index (κ3) is 2.89. The average molecular weight is 340 g/mol. The molecule has 0 radical (unpaired) electrons. The van der Waals surface area contributed by atoms with Crippen molar-refractivity contribution in [2.75, 3.05) is 12.3 Å². The molecule has 2 heterocycles. The molecular weight excluding hydrogens is 320 g/mol. The predicted octanol–water partition coefficient (Wildman–Crippen LogP) is 2.91. The van der Waals surface area contributed by atoms with Crippen molar-refractivity contribution < 1.29 is 4.79 Å². The number of fused-ring (bicyclic) bond motifs is 1. The zero-order chi connectivity index (χ0) is 17.3. The van der Waals surface area contributed by atoms with Crippen LogP contribution in [0, 0.1) is 13.8 Å². The third-order valence-electron chi connectivity index (χ3n) is 4.12. The lowest BCUT2D eigenvalue weighted by molar-refractivity contribution is 0.0958. The minimum atomic E-state index is -0.108. The van der Waals surface area contributed by atoms with Crippen LogP contribution in [0.3, 0.4) is 0 Å². The molecule has 0 spiro atoms. The number of aromatic nitrogens is 3. The molecule has 124 valence electrons. The molecule has 2 aromatic heterocycles. The van der Waals surface area contributed by atoms with Crippen LogP contribution in [0.15, 0.2) is 30.3 Å². The van der Waals surface area contributed by atoms with E-state index in [1.807, 2.05) is 55.9 Å². The Labute approximate surface area is 146 Å². The molecule has 1 N–H and O–H groups in total. The summed E-state index contributed by atoms with van der Waals surface area (Å²) in [5.41, 5.74) is 5.10. The van der Waals surface area contributed by atoms with Crippen molar-refractivity contribution in [1.29, 1.82) is 0 Å². The highest BCUT2D eigenvalue weighted by Crippen LogP contribution is 2.29. The molecule has 0 aliphatic carbocycles. The maximum absolute atomic E-state index is 12.6. The lowest BCUT2D eigenvalue weighted by Gasteiger charge is -2.10. The molecule has 6 heteroatoms. The van der Waals surface area contributed by atoms with Crippen LogP contribution >= 0.6 is 12.6 Å². The van der Waals surface area contributed by atoms with E-state index >= 15 is 0 Å². The normalized spacial score (nSPS) is 11.0. The molecule has 0 bridgehead atoms. The van der Waals surface area contributed by atoms with Gasteiger partial charge in [0.05, 0.1) is 22.5 Å². The molecule has 1 aromatic carbocycles. The highest BCUT2D eigenvalue weighted by molar-refractivity contribution is 7.80. The van der Waals surface area contributed by atoms with Crippen molar-refractivity contribution in [3.05, 3.63) is 47.3 Å². The van der Waals surface area contributed by atoms with Crippen molar-refractivity contribution in [2.24, 2.45) is 7.05 Å². The number of para-hydroxylation sites is 1. The Morgan fingerprint density at radius 3 is 2.71 bits per heavy atom. The van der Waals surface area contributed by atoms with Crippen molar-refractivity contribution in [3.8, 4) is 11.3 Å². The number of carbonyl (C=O) groups excluding carboxylic acids is 1. The molecule has 3 aromatic rings. The van der Waals surface area contributed by atoms with Gasteiger partial charge in [0.15, 0.2) is 0 Å². The fourth-order valence-electron chi connectivity index (χ4n) is 2.90. The van der Waals surface area contributed by atoms with Crippen LogP contribution in [0.4, 0.5) is 0 Å². The zero-order valence-corrected chi connectivity index (χ0v) is 14.9. The number of hydrogen-bond acceptors (Lipinski definition) is 4. The summed E-state index contributed by atoms with van der Waals surface area (Å²) in [5, 5.41) is 8.19. The maximum atomic E-state index is 12.6. The molecule has 0 aliphatic rings. The summed E-state index contributed by atoms with van der Waals surface area (Å²) in [4.78, 5) is 17.3. The number of rotatable bonds is 4. The summed E-state index contributed by atoms with van der Waals surface area (Å²) >= 11 is 4.15. The van der Waals surface area contributed by atoms with Crippen LogP contribution in [-0.4, -0.2) is 33.0 Å². The van der Waals surface area contributed by atoms with Crippen LogP contribution in [0.5, 0.6) is 0 Å². The first-order valence-electron chi connectivity index (χ1n) is 7.82. The van der Waals surface area contributed by atoms with Crippen molar-refractivity contribution in [1.82, 2.24) is 20.1 Å². The van der Waals surface area contributed by atoms with Gasteiger partial charge in [-0.05, 0) is 26.0 Å². The fraction of sp³-hybridized carbons (Fsp3) is 0.278. The lowest BCUT2D eigenvalue weighted by atomic mass is 10.0. The number of pyridine rings is 1. The number of aryl methyl sites for hydroxylation is 2. The van der Waals surface area contributed by atoms with E-state index in [0.717, 1.165) is 33.5 Å². The number of hydrogen-bond donors (Lipinski definition) is 2. The van der Waals surface area contributed by atoms with Crippen LogP contribution in [0.2, 0.25) is 0 Å². The van der Waals surface area contributed by atoms with E-state index < -0.39 is 0 Å². The van der Waals surface area contributed by atoms with Crippen molar-refractivity contribution in [3.63, 3.8) is 0 Å². The topological polar surface area (TPSA) is 59.8 Å². The Morgan fingerprint density at radius 1 is 1.29 bits per heavy atom. The van der Waals surface area contributed by atoms with Crippen molar-refractivity contribution in [2.45, 2.75) is 13.8 Å². The maximum Gasteiger partial charge on any atom is 0.252 e. The molecule has 0 saturated heterocycles. The molecule has 0 aliphatic heterocycles. The second kappa shape index (κ2) is 6.65. The Hall–Kier alpha value is -2.34. The first-order chi connectivity index (χ1) is 11.5. The Balaban J connectivity index is 2.22. The van der Waals surface area contributed by atoms with Gasteiger partial charge >= 0.3 is 0 Å². The first kappa shape index (κ1) is 16.5. The van der Waals surface area contributed by atoms with Gasteiger partial charge in [-0.2, -0.15) is 17.7 Å². The van der Waals surface area contributed by atoms with Crippen molar-refractivity contribution >= 4 is 29.4 Å². The van der Waals surface area contributed by atoms with Gasteiger partial charge in [0.1, 0.15) is 0 Å². The smallest absolute Gasteiger partial charge is 0.252 e. The van der Waals surface area contributed by atoms with Crippen LogP contribution in [0.25, 0.3) is 22.2 Å². The van der Waals surface area contributed by atoms with Gasteiger partial charge in [0.25, 0.3) is 5.91 Å². The van der Waals surface area contributed by atoms with Crippen LogP contribution < -0.4 is 5.32 Å². The second-order valence-corrected chi connectivity index (χ2v) is 6.17. The second-order valence-electron chi connectivity index (χ2n) is 5.72. The van der Waals surface area contributed by atoms with Crippen LogP contribution in [-0.2, 0) is 7.05 Å². The number of thiol groups is 1. The standard InChI is InChI=1S/C18H20N4OS/c1-11-17(12(2)22(3)21-11)16-10-14(18(23)19-8-9-24)13-6-4-5-7-15(13)20-16/h4-7,10,24H,8-9H2,1-3H3,(H,19,23). The molecule has 0 saturated carbocycles. The monoisotopic (exact) mass is 340 g/mol. The summed E-state index contributed by atoms with van der Waals surface area (Å²) in [5.74, 6) is 0.491. The zero-order valence-electron chi connectivity index (χ0n) is 14.0. The van der Waals surface area contributed by atoms with E-state index in [2.05, 4.69) is 23.0 Å². The Bertz CT molecular complexity index is 917. The first-order valence-corrected chi connectivity index (χ1v) is 8.45. The molecule has 1 amide bonds. The SMILES string of the molecule is Cc1nn(C)c(C)c1-c1cc(C(=O)NCCS)c2ccccc2n1. The number of nitrogens with zero attached hydrogens (tertiary/aromatic N) is 3. The molecule has 0 fully saturated rings. The minimum absolute atomic E-state index is 0.108. The summed E-state index contributed by atoms with van der Waals surface area (Å²) in [7, 11) is 1.91. The van der Waals surface area contributed by atoms with Gasteiger partial charge in [-0.3, -0.25) is 9.48 Å². The number of amides is 1. The van der Waals surface area contributed by atoms with Gasteiger partial charge in [-0.1, -0.05) is 18.2 Å². The number of benzene rings is 1. The van der Waals surface area contributed by atoms with Gasteiger partial charge in [0.2, 0.25) is 0 Å². The molecule has 3 rings (SSSR count). The molecule has 0 atom stereocenters. The lowest BCUT2D eigenvalue weighted by Crippen LogP contribution is -2.25. The van der Waals surface area contributed by atoms with Gasteiger partial charge in [-0.25, -0.2) is 4.98 Å². The molecular formula is C18H20N4OS. The van der Waals surface area contributed by atoms with Crippen LogP contribution in [0.1, 0.15) is 21.7 Å². The quantitative estimate of drug-likeness (QED) is 0.718. The van der Waals surface area contributed by atoms with E-state index in [-0.39, 0.29) is 5.91 Å². The minimum Gasteiger partial charge on any atom is -0.351 e. The fourth-order valence-corrected chi connectivity index (χ4v) is 3.01. The Kier molecular flexibility index (Phi) is 4.57. The highest BCUT2D eigenvalue weighted by Gasteiger charge is 2.18. The molecule has 0 unspecified atom stereocenters. The summed E-state index contributed by atoms with van der Waals surface area (Å²) in [6.45, 7) is 4.49. The largest absolute Gasteiger partial charge is 0.351 e. The number of nitrogens with one attached hydrogen (secondary N) is 1. The number of carbonyl (C=O) groups is 1. The third-order valence-corrected chi connectivity index (χ3v) is 4.35. The van der Waals surface area contributed by atoms with E-state index in [1.165, 1.54) is 0 Å². The average Bonchev–Trinajstić information content (AvgIpc) is 2.84. The molecule has 5 nitrogen and oxygen atoms in total.